The highest BCUT2D eigenvalue weighted by Crippen LogP contribution is 2.20. The molecule has 0 saturated heterocycles. The highest BCUT2D eigenvalue weighted by atomic mass is 35.5. The molecule has 0 fully saturated rings. The highest BCUT2D eigenvalue weighted by Gasteiger charge is 2.04. The molecule has 21 heavy (non-hydrogen) atoms. The maximum Gasteiger partial charge on any atom is 0.135 e. The van der Waals surface area contributed by atoms with E-state index < -0.39 is 0 Å². The number of nitrogens with zero attached hydrogens (tertiary/aromatic N) is 1. The van der Waals surface area contributed by atoms with Gasteiger partial charge in [0.25, 0.3) is 0 Å². The molecule has 2 rings (SSSR count). The molecular weight excluding hydrogens is 289 g/mol. The summed E-state index contributed by atoms with van der Waals surface area (Å²) in [4.78, 5) is 0. The predicted octanol–water partition coefficient (Wildman–Crippen LogP) is 3.87. The molecule has 0 heterocycles. The van der Waals surface area contributed by atoms with E-state index in [2.05, 4.69) is 17.9 Å². The van der Waals surface area contributed by atoms with E-state index in [4.69, 9.17) is 21.6 Å². The molecule has 0 aliphatic heterocycles. The molecule has 0 bridgehead atoms. The van der Waals surface area contributed by atoms with Crippen LogP contribution in [0.5, 0.6) is 5.75 Å². The van der Waals surface area contributed by atoms with Crippen LogP contribution in [0.1, 0.15) is 16.7 Å². The standard InChI is InChI=1S/C17H11ClFNO/c18-8-2-5-15-10-16(19)6-7-17(15)21-12-14-4-1-3-13(9-14)11-20/h1,3-4,6-7,9-10H,8,12H2. The van der Waals surface area contributed by atoms with Gasteiger partial charge in [0, 0.05) is 0 Å². The van der Waals surface area contributed by atoms with E-state index in [0.717, 1.165) is 5.56 Å². The second-order valence-corrected chi connectivity index (χ2v) is 4.44. The Morgan fingerprint density at radius 2 is 2.05 bits per heavy atom. The third kappa shape index (κ3) is 4.24. The normalized spacial score (nSPS) is 9.38. The second-order valence-electron chi connectivity index (χ2n) is 4.18. The summed E-state index contributed by atoms with van der Waals surface area (Å²) >= 11 is 5.51. The molecule has 0 aliphatic rings. The van der Waals surface area contributed by atoms with E-state index in [1.54, 1.807) is 18.2 Å². The number of hydrogen-bond acceptors (Lipinski definition) is 2. The molecule has 0 radical (unpaired) electrons. The number of hydrogen-bond donors (Lipinski definition) is 0. The van der Waals surface area contributed by atoms with Crippen molar-refractivity contribution in [2.45, 2.75) is 6.61 Å². The molecular formula is C17H11ClFNO. The molecule has 4 heteroatoms. The van der Waals surface area contributed by atoms with Crippen LogP contribution in [0.15, 0.2) is 42.5 Å². The Morgan fingerprint density at radius 1 is 1.19 bits per heavy atom. The lowest BCUT2D eigenvalue weighted by Gasteiger charge is -2.08. The van der Waals surface area contributed by atoms with Crippen LogP contribution in [0.25, 0.3) is 0 Å². The molecule has 0 aromatic heterocycles. The molecule has 2 aromatic carbocycles. The van der Waals surface area contributed by atoms with Crippen LogP contribution in [-0.2, 0) is 6.61 Å². The van der Waals surface area contributed by atoms with Crippen molar-refractivity contribution >= 4 is 11.6 Å². The Morgan fingerprint density at radius 3 is 2.81 bits per heavy atom. The fourth-order valence-electron chi connectivity index (χ4n) is 1.75. The molecule has 0 spiro atoms. The van der Waals surface area contributed by atoms with Crippen LogP contribution in [0.2, 0.25) is 0 Å². The third-order valence-electron chi connectivity index (χ3n) is 2.68. The number of benzene rings is 2. The average Bonchev–Trinajstić information content (AvgIpc) is 2.52. The van der Waals surface area contributed by atoms with E-state index >= 15 is 0 Å². The largest absolute Gasteiger partial charge is 0.488 e. The zero-order valence-corrected chi connectivity index (χ0v) is 11.8. The van der Waals surface area contributed by atoms with Gasteiger partial charge in [-0.05, 0) is 35.9 Å². The second kappa shape index (κ2) is 7.33. The van der Waals surface area contributed by atoms with Crippen LogP contribution < -0.4 is 4.74 Å². The molecule has 104 valence electrons. The lowest BCUT2D eigenvalue weighted by Crippen LogP contribution is -1.98. The third-order valence-corrected chi connectivity index (χ3v) is 2.82. The summed E-state index contributed by atoms with van der Waals surface area (Å²) in [7, 11) is 0. The smallest absolute Gasteiger partial charge is 0.135 e. The van der Waals surface area contributed by atoms with Crippen molar-refractivity contribution in [3.05, 3.63) is 65.0 Å². The Labute approximate surface area is 127 Å². The van der Waals surface area contributed by atoms with Gasteiger partial charge in [-0.2, -0.15) is 5.26 Å². The fraction of sp³-hybridized carbons (Fsp3) is 0.118. The van der Waals surface area contributed by atoms with E-state index in [1.807, 2.05) is 6.07 Å². The van der Waals surface area contributed by atoms with Gasteiger partial charge in [-0.15, -0.1) is 11.6 Å². The molecule has 0 saturated carbocycles. The average molecular weight is 300 g/mol. The molecule has 0 atom stereocenters. The first-order valence-electron chi connectivity index (χ1n) is 6.19. The van der Waals surface area contributed by atoms with Crippen molar-refractivity contribution in [3.63, 3.8) is 0 Å². The maximum absolute atomic E-state index is 13.2. The zero-order valence-electron chi connectivity index (χ0n) is 11.1. The first-order valence-corrected chi connectivity index (χ1v) is 6.72. The summed E-state index contributed by atoms with van der Waals surface area (Å²) < 4.78 is 18.9. The van der Waals surface area contributed by atoms with Crippen LogP contribution in [-0.4, -0.2) is 5.88 Å². The summed E-state index contributed by atoms with van der Waals surface area (Å²) in [6.45, 7) is 0.275. The lowest BCUT2D eigenvalue weighted by atomic mass is 10.1. The van der Waals surface area contributed by atoms with Crippen molar-refractivity contribution in [2.75, 3.05) is 5.88 Å². The number of alkyl halides is 1. The maximum atomic E-state index is 13.2. The molecule has 2 aromatic rings. The molecule has 0 N–H and O–H groups in total. The topological polar surface area (TPSA) is 33.0 Å². The van der Waals surface area contributed by atoms with Gasteiger partial charge in [-0.1, -0.05) is 24.0 Å². The fourth-order valence-corrected chi connectivity index (χ4v) is 1.81. The Bertz CT molecular complexity index is 740. The molecule has 0 aliphatic carbocycles. The van der Waals surface area contributed by atoms with Gasteiger partial charge in [-0.3, -0.25) is 0 Å². The van der Waals surface area contributed by atoms with Gasteiger partial charge in [0.05, 0.1) is 23.1 Å². The summed E-state index contributed by atoms with van der Waals surface area (Å²) in [5.41, 5.74) is 1.87. The Hall–Kier alpha value is -2.49. The van der Waals surface area contributed by atoms with Crippen molar-refractivity contribution in [2.24, 2.45) is 0 Å². The van der Waals surface area contributed by atoms with Gasteiger partial charge in [0.1, 0.15) is 18.2 Å². The van der Waals surface area contributed by atoms with Crippen molar-refractivity contribution in [3.8, 4) is 23.7 Å². The minimum Gasteiger partial charge on any atom is -0.488 e. The van der Waals surface area contributed by atoms with Gasteiger partial charge in [0.2, 0.25) is 0 Å². The van der Waals surface area contributed by atoms with E-state index in [9.17, 15) is 4.39 Å². The minimum atomic E-state index is -0.382. The molecule has 2 nitrogen and oxygen atoms in total. The van der Waals surface area contributed by atoms with E-state index in [-0.39, 0.29) is 18.3 Å². The lowest BCUT2D eigenvalue weighted by molar-refractivity contribution is 0.305. The van der Waals surface area contributed by atoms with Crippen LogP contribution >= 0.6 is 11.6 Å². The first-order chi connectivity index (χ1) is 10.2. The first kappa shape index (κ1) is 14.9. The quantitative estimate of drug-likeness (QED) is 0.637. The molecule has 0 unspecified atom stereocenters. The highest BCUT2D eigenvalue weighted by molar-refractivity contribution is 6.19. The van der Waals surface area contributed by atoms with Crippen LogP contribution in [0, 0.1) is 29.0 Å². The van der Waals surface area contributed by atoms with Gasteiger partial charge in [-0.25, -0.2) is 4.39 Å². The van der Waals surface area contributed by atoms with Crippen molar-refractivity contribution < 1.29 is 9.13 Å². The number of rotatable bonds is 3. The number of halogens is 2. The SMILES string of the molecule is N#Cc1cccc(COc2ccc(F)cc2C#CCCl)c1. The summed E-state index contributed by atoms with van der Waals surface area (Å²) in [5, 5.41) is 8.86. The van der Waals surface area contributed by atoms with Gasteiger partial charge >= 0.3 is 0 Å². The minimum absolute atomic E-state index is 0.167. The summed E-state index contributed by atoms with van der Waals surface area (Å²) in [6, 6.07) is 13.3. The number of ether oxygens (including phenoxy) is 1. The van der Waals surface area contributed by atoms with E-state index in [1.165, 1.54) is 18.2 Å². The van der Waals surface area contributed by atoms with Crippen molar-refractivity contribution in [1.29, 1.82) is 5.26 Å². The zero-order chi connectivity index (χ0) is 15.1. The van der Waals surface area contributed by atoms with Crippen LogP contribution in [0.4, 0.5) is 4.39 Å². The number of nitriles is 1. The Kier molecular flexibility index (Phi) is 5.21. The van der Waals surface area contributed by atoms with Crippen LogP contribution in [0.3, 0.4) is 0 Å². The molecule has 0 amide bonds. The monoisotopic (exact) mass is 299 g/mol. The van der Waals surface area contributed by atoms with Crippen molar-refractivity contribution in [1.82, 2.24) is 0 Å². The Balaban J connectivity index is 2.18. The summed E-state index contributed by atoms with van der Waals surface area (Å²) in [6.07, 6.45) is 0. The van der Waals surface area contributed by atoms with Gasteiger partial charge < -0.3 is 4.74 Å². The predicted molar refractivity (Wildman–Crippen MR) is 79.5 cm³/mol. The summed E-state index contributed by atoms with van der Waals surface area (Å²) in [5.74, 6) is 5.71. The van der Waals surface area contributed by atoms with E-state index in [0.29, 0.717) is 16.9 Å². The van der Waals surface area contributed by atoms with Gasteiger partial charge in [0.15, 0.2) is 0 Å².